The molecule has 0 aliphatic carbocycles. The molecule has 0 rings (SSSR count). The number of carbonyl (C=O) groups excluding carboxylic acids is 2. The van der Waals surface area contributed by atoms with Gasteiger partial charge in [-0.25, -0.2) is 9.59 Å². The van der Waals surface area contributed by atoms with Gasteiger partial charge in [-0.2, -0.15) is 0 Å². The lowest BCUT2D eigenvalue weighted by Gasteiger charge is -2.22. The summed E-state index contributed by atoms with van der Waals surface area (Å²) in [4.78, 5) is 44.7. The van der Waals surface area contributed by atoms with Crippen LogP contribution in [-0.2, 0) is 9.59 Å². The molecule has 138 valence electrons. The van der Waals surface area contributed by atoms with Crippen LogP contribution in [0.15, 0.2) is 0 Å². The van der Waals surface area contributed by atoms with E-state index in [1.54, 1.807) is 0 Å². The Morgan fingerprint density at radius 2 is 1.58 bits per heavy atom. The van der Waals surface area contributed by atoms with Crippen LogP contribution >= 0.6 is 0 Å². The highest BCUT2D eigenvalue weighted by atomic mass is 16.4. The van der Waals surface area contributed by atoms with E-state index in [-0.39, 0.29) is 18.9 Å². The summed E-state index contributed by atoms with van der Waals surface area (Å²) in [6, 6.07) is -1.91. The zero-order chi connectivity index (χ0) is 18.7. The van der Waals surface area contributed by atoms with Crippen LogP contribution in [0.3, 0.4) is 0 Å². The zero-order valence-corrected chi connectivity index (χ0v) is 13.9. The number of carboxylic acid groups (broad SMARTS) is 2. The Kier molecular flexibility index (Phi) is 9.92. The van der Waals surface area contributed by atoms with Gasteiger partial charge in [-0.3, -0.25) is 9.59 Å². The van der Waals surface area contributed by atoms with Gasteiger partial charge in [0.15, 0.2) is 0 Å². The van der Waals surface area contributed by atoms with Gasteiger partial charge in [-0.15, -0.1) is 0 Å². The van der Waals surface area contributed by atoms with Gasteiger partial charge in [0.1, 0.15) is 12.1 Å². The summed E-state index contributed by atoms with van der Waals surface area (Å²) in [6.07, 6.45) is -1.12. The van der Waals surface area contributed by atoms with Crippen molar-refractivity contribution >= 4 is 24.0 Å². The van der Waals surface area contributed by atoms with Crippen molar-refractivity contribution in [2.75, 3.05) is 6.54 Å². The summed E-state index contributed by atoms with van der Waals surface area (Å²) in [5.74, 6) is -1.19. The van der Waals surface area contributed by atoms with Crippen LogP contribution in [0.1, 0.15) is 39.5 Å². The number of rotatable bonds is 11. The van der Waals surface area contributed by atoms with Crippen molar-refractivity contribution in [1.29, 1.82) is 0 Å². The minimum atomic E-state index is -1.36. The average Bonchev–Trinajstić information content (AvgIpc) is 2.43. The number of hydrogen-bond donors (Lipinski definition) is 6. The third kappa shape index (κ3) is 10.2. The molecule has 2 atom stereocenters. The van der Waals surface area contributed by atoms with Crippen LogP contribution in [0.2, 0.25) is 0 Å². The van der Waals surface area contributed by atoms with Gasteiger partial charge in [-0.1, -0.05) is 13.8 Å². The standard InChI is InChI=1S/C14H26N4O6/c1-8(2)7-10(11(15)19)17-12(20)9(18-14(23)24)5-3-4-6-16-13(21)22/h8-10,16,18H,3-7H2,1-2H3,(H2,15,19)(H,17,20)(H,21,22)(H,23,24)/t9-,10-/m0/s1. The van der Waals surface area contributed by atoms with Crippen LogP contribution in [0.5, 0.6) is 0 Å². The molecule has 7 N–H and O–H groups in total. The van der Waals surface area contributed by atoms with Gasteiger partial charge < -0.3 is 31.9 Å². The Balaban J connectivity index is 4.59. The highest BCUT2D eigenvalue weighted by Crippen LogP contribution is 2.07. The molecule has 0 saturated heterocycles. The maximum absolute atomic E-state index is 12.2. The maximum Gasteiger partial charge on any atom is 0.405 e. The molecule has 0 aliphatic heterocycles. The SMILES string of the molecule is CC(C)C[C@H](NC(=O)[C@H](CCCCNC(=O)O)NC(=O)O)C(N)=O. The van der Waals surface area contributed by atoms with Crippen molar-refractivity contribution in [2.45, 2.75) is 51.6 Å². The molecule has 10 heteroatoms. The van der Waals surface area contributed by atoms with E-state index in [1.165, 1.54) is 0 Å². The summed E-state index contributed by atoms with van der Waals surface area (Å²) in [6.45, 7) is 3.93. The molecule has 0 saturated carbocycles. The van der Waals surface area contributed by atoms with Crippen LogP contribution in [0, 0.1) is 5.92 Å². The monoisotopic (exact) mass is 346 g/mol. The third-order valence-electron chi connectivity index (χ3n) is 3.18. The molecule has 0 aliphatic rings. The van der Waals surface area contributed by atoms with Gasteiger partial charge in [0.2, 0.25) is 11.8 Å². The molecule has 4 amide bonds. The van der Waals surface area contributed by atoms with Gasteiger partial charge in [0.25, 0.3) is 0 Å². The number of unbranched alkanes of at least 4 members (excludes halogenated alkanes) is 1. The Bertz CT molecular complexity index is 455. The van der Waals surface area contributed by atoms with Gasteiger partial charge in [-0.05, 0) is 31.6 Å². The van der Waals surface area contributed by atoms with Gasteiger partial charge >= 0.3 is 12.2 Å². The molecule has 0 heterocycles. The Labute approximate surface area is 140 Å². The zero-order valence-electron chi connectivity index (χ0n) is 13.9. The van der Waals surface area contributed by atoms with Crippen LogP contribution in [0.4, 0.5) is 9.59 Å². The van der Waals surface area contributed by atoms with Crippen molar-refractivity contribution in [2.24, 2.45) is 11.7 Å². The average molecular weight is 346 g/mol. The molecule has 10 nitrogen and oxygen atoms in total. The second-order valence-electron chi connectivity index (χ2n) is 5.82. The first kappa shape index (κ1) is 21.5. The first-order valence-corrected chi connectivity index (χ1v) is 7.69. The van der Waals surface area contributed by atoms with Crippen LogP contribution in [0.25, 0.3) is 0 Å². The molecule has 0 spiro atoms. The molecule has 24 heavy (non-hydrogen) atoms. The van der Waals surface area contributed by atoms with E-state index in [0.717, 1.165) is 0 Å². The highest BCUT2D eigenvalue weighted by molar-refractivity contribution is 5.90. The summed E-state index contributed by atoms with van der Waals surface area (Å²) < 4.78 is 0. The number of hydrogen-bond acceptors (Lipinski definition) is 4. The minimum Gasteiger partial charge on any atom is -0.465 e. The normalized spacial score (nSPS) is 13.0. The predicted octanol–water partition coefficient (Wildman–Crippen LogP) is 0.0767. The molecule has 0 aromatic rings. The molecular weight excluding hydrogens is 320 g/mol. The number of primary amides is 1. The molecule has 0 aromatic heterocycles. The van der Waals surface area contributed by atoms with Crippen molar-refractivity contribution < 1.29 is 29.4 Å². The van der Waals surface area contributed by atoms with Gasteiger partial charge in [0.05, 0.1) is 0 Å². The quantitative estimate of drug-likeness (QED) is 0.289. The van der Waals surface area contributed by atoms with E-state index in [9.17, 15) is 19.2 Å². The lowest BCUT2D eigenvalue weighted by atomic mass is 10.0. The van der Waals surface area contributed by atoms with Gasteiger partial charge in [0, 0.05) is 6.54 Å². The maximum atomic E-state index is 12.2. The first-order chi connectivity index (χ1) is 11.1. The first-order valence-electron chi connectivity index (χ1n) is 7.69. The molecule has 0 aromatic carbocycles. The summed E-state index contributed by atoms with van der Waals surface area (Å²) in [5.41, 5.74) is 5.25. The smallest absolute Gasteiger partial charge is 0.405 e. The molecule has 0 unspecified atom stereocenters. The number of nitrogens with one attached hydrogen (secondary N) is 3. The molecular formula is C14H26N4O6. The molecule has 0 radical (unpaired) electrons. The lowest BCUT2D eigenvalue weighted by molar-refractivity contribution is -0.129. The fourth-order valence-electron chi connectivity index (χ4n) is 2.08. The van der Waals surface area contributed by atoms with Crippen LogP contribution in [-0.4, -0.2) is 52.8 Å². The topological polar surface area (TPSA) is 171 Å². The second kappa shape index (κ2) is 11.1. The van der Waals surface area contributed by atoms with E-state index < -0.39 is 36.1 Å². The van der Waals surface area contributed by atoms with Crippen molar-refractivity contribution in [3.63, 3.8) is 0 Å². The highest BCUT2D eigenvalue weighted by Gasteiger charge is 2.25. The Hall–Kier alpha value is -2.52. The minimum absolute atomic E-state index is 0.121. The summed E-state index contributed by atoms with van der Waals surface area (Å²) in [5, 5.41) is 24.0. The van der Waals surface area contributed by atoms with E-state index in [4.69, 9.17) is 15.9 Å². The summed E-state index contributed by atoms with van der Waals surface area (Å²) in [7, 11) is 0. The lowest BCUT2D eigenvalue weighted by Crippen LogP contribution is -2.53. The number of amides is 4. The summed E-state index contributed by atoms with van der Waals surface area (Å²) >= 11 is 0. The number of nitrogens with two attached hydrogens (primary N) is 1. The Morgan fingerprint density at radius 1 is 0.958 bits per heavy atom. The van der Waals surface area contributed by atoms with E-state index in [1.807, 2.05) is 13.8 Å². The molecule has 0 fully saturated rings. The fourth-order valence-corrected chi connectivity index (χ4v) is 2.08. The van der Waals surface area contributed by atoms with Crippen molar-refractivity contribution in [3.8, 4) is 0 Å². The van der Waals surface area contributed by atoms with E-state index in [0.29, 0.717) is 19.3 Å². The third-order valence-corrected chi connectivity index (χ3v) is 3.18. The van der Waals surface area contributed by atoms with Crippen molar-refractivity contribution in [3.05, 3.63) is 0 Å². The van der Waals surface area contributed by atoms with Crippen LogP contribution < -0.4 is 21.7 Å². The Morgan fingerprint density at radius 3 is 2.04 bits per heavy atom. The van der Waals surface area contributed by atoms with E-state index >= 15 is 0 Å². The van der Waals surface area contributed by atoms with E-state index in [2.05, 4.69) is 16.0 Å². The van der Waals surface area contributed by atoms with Crippen molar-refractivity contribution in [1.82, 2.24) is 16.0 Å². The second-order valence-corrected chi connectivity index (χ2v) is 5.82. The number of carbonyl (C=O) groups is 4. The molecule has 0 bridgehead atoms. The predicted molar refractivity (Wildman–Crippen MR) is 85.4 cm³/mol. The largest absolute Gasteiger partial charge is 0.465 e. The fraction of sp³-hybridized carbons (Fsp3) is 0.714.